The van der Waals surface area contributed by atoms with Gasteiger partial charge in [0, 0.05) is 24.2 Å². The van der Waals surface area contributed by atoms with E-state index in [1.54, 1.807) is 30.6 Å². The molecule has 0 fully saturated rings. The first-order chi connectivity index (χ1) is 16.8. The van der Waals surface area contributed by atoms with Crippen LogP contribution in [-0.2, 0) is 14.3 Å². The number of benzene rings is 1. The van der Waals surface area contributed by atoms with E-state index in [4.69, 9.17) is 5.73 Å². The van der Waals surface area contributed by atoms with Gasteiger partial charge in [0.15, 0.2) is 0 Å². The normalized spacial score (nSPS) is 15.0. The first-order valence-electron chi connectivity index (χ1n) is 10.5. The summed E-state index contributed by atoms with van der Waals surface area (Å²) >= 11 is 0.930. The Labute approximate surface area is 211 Å². The van der Waals surface area contributed by atoms with Crippen LogP contribution in [0.2, 0.25) is 0 Å². The number of thiazole rings is 1. The number of anilines is 1. The Morgan fingerprint density at radius 2 is 1.92 bits per heavy atom. The SMILES string of the molecule is C.COC(=O)/C=c1\sc2n(c1=O)C(N)=C(C#N)C(c1ccncc1)C=2C(=O)Nc1ccc(C)c(C)c1. The minimum atomic E-state index is -0.849. The van der Waals surface area contributed by atoms with E-state index in [9.17, 15) is 19.6 Å². The first kappa shape index (κ1) is 26.1. The molecule has 3 N–H and O–H groups in total. The van der Waals surface area contributed by atoms with Crippen molar-refractivity contribution in [3.63, 3.8) is 0 Å². The maximum absolute atomic E-state index is 13.7. The third-order valence-corrected chi connectivity index (χ3v) is 6.88. The monoisotopic (exact) mass is 503 g/mol. The van der Waals surface area contributed by atoms with E-state index in [2.05, 4.69) is 21.1 Å². The molecule has 1 aliphatic rings. The molecule has 0 bridgehead atoms. The summed E-state index contributed by atoms with van der Waals surface area (Å²) in [6.45, 7) is 3.90. The second-order valence-electron chi connectivity index (χ2n) is 7.87. The number of hydrogen-bond donors (Lipinski definition) is 2. The number of carbonyl (C=O) groups excluding carboxylic acids is 2. The number of nitriles is 1. The van der Waals surface area contributed by atoms with Crippen LogP contribution < -0.4 is 25.8 Å². The van der Waals surface area contributed by atoms with Crippen molar-refractivity contribution in [2.45, 2.75) is 27.2 Å². The van der Waals surface area contributed by atoms with Gasteiger partial charge in [0.2, 0.25) is 0 Å². The molecule has 0 aliphatic carbocycles. The summed E-state index contributed by atoms with van der Waals surface area (Å²) in [4.78, 5) is 42.7. The summed E-state index contributed by atoms with van der Waals surface area (Å²) in [7, 11) is 1.19. The molecule has 10 heteroatoms. The second kappa shape index (κ2) is 10.4. The number of aromatic nitrogens is 2. The number of methoxy groups -OCH3 is 1. The molecule has 1 atom stereocenters. The van der Waals surface area contributed by atoms with Crippen molar-refractivity contribution >= 4 is 46.4 Å². The van der Waals surface area contributed by atoms with Gasteiger partial charge in [0.25, 0.3) is 11.5 Å². The van der Waals surface area contributed by atoms with Crippen molar-refractivity contribution in [3.05, 3.63) is 84.5 Å². The third kappa shape index (κ3) is 4.56. The number of allylic oxidation sites excluding steroid dienone is 1. The number of hydrogen-bond acceptors (Lipinski definition) is 8. The van der Waals surface area contributed by atoms with Gasteiger partial charge < -0.3 is 15.8 Å². The van der Waals surface area contributed by atoms with Crippen LogP contribution in [0.3, 0.4) is 0 Å². The van der Waals surface area contributed by atoms with Crippen molar-refractivity contribution in [1.82, 2.24) is 9.55 Å². The second-order valence-corrected chi connectivity index (χ2v) is 8.90. The van der Waals surface area contributed by atoms with E-state index >= 15 is 0 Å². The van der Waals surface area contributed by atoms with Crippen molar-refractivity contribution in [3.8, 4) is 6.07 Å². The average Bonchev–Trinajstić information content (AvgIpc) is 3.17. The molecule has 0 saturated carbocycles. The highest BCUT2D eigenvalue weighted by molar-refractivity contribution is 7.07. The Morgan fingerprint density at radius 3 is 2.53 bits per heavy atom. The maximum atomic E-state index is 13.7. The number of amides is 1. The van der Waals surface area contributed by atoms with Crippen molar-refractivity contribution in [2.24, 2.45) is 5.73 Å². The Balaban J connectivity index is 0.00000361. The van der Waals surface area contributed by atoms with E-state index in [1.807, 2.05) is 26.0 Å². The zero-order valence-electron chi connectivity index (χ0n) is 19.2. The molecule has 36 heavy (non-hydrogen) atoms. The molecule has 1 aliphatic heterocycles. The predicted octanol–water partition coefficient (Wildman–Crippen LogP) is 1.75. The van der Waals surface area contributed by atoms with Gasteiger partial charge in [0.1, 0.15) is 15.0 Å². The number of fused-ring (bicyclic) bond motifs is 1. The summed E-state index contributed by atoms with van der Waals surface area (Å²) in [6, 6.07) is 10.9. The highest BCUT2D eigenvalue weighted by atomic mass is 32.1. The summed E-state index contributed by atoms with van der Waals surface area (Å²) in [5.41, 5.74) is 9.10. The van der Waals surface area contributed by atoms with Gasteiger partial charge in [-0.3, -0.25) is 19.1 Å². The lowest BCUT2D eigenvalue weighted by atomic mass is 9.84. The van der Waals surface area contributed by atoms with Crippen LogP contribution in [0.1, 0.15) is 30.0 Å². The van der Waals surface area contributed by atoms with Crippen molar-refractivity contribution in [2.75, 3.05) is 12.4 Å². The highest BCUT2D eigenvalue weighted by Gasteiger charge is 2.35. The Hall–Kier alpha value is -4.49. The number of nitrogens with two attached hydrogens (primary N) is 1. The van der Waals surface area contributed by atoms with Gasteiger partial charge in [-0.15, -0.1) is 11.3 Å². The number of carbonyl (C=O) groups is 2. The fourth-order valence-corrected chi connectivity index (χ4v) is 4.98. The fourth-order valence-electron chi connectivity index (χ4n) is 3.84. The number of nitrogens with zero attached hydrogens (tertiary/aromatic N) is 3. The predicted molar refractivity (Wildman–Crippen MR) is 139 cm³/mol. The molecular weight excluding hydrogens is 478 g/mol. The zero-order chi connectivity index (χ0) is 25.3. The summed E-state index contributed by atoms with van der Waals surface area (Å²) in [6.07, 6.45) is 4.13. The number of aryl methyl sites for hydroxylation is 2. The Kier molecular flexibility index (Phi) is 7.56. The number of pyridine rings is 1. The van der Waals surface area contributed by atoms with Gasteiger partial charge in [-0.25, -0.2) is 4.79 Å². The highest BCUT2D eigenvalue weighted by Crippen LogP contribution is 2.36. The van der Waals surface area contributed by atoms with Crippen LogP contribution in [0.25, 0.3) is 17.5 Å². The molecule has 0 spiro atoms. The Morgan fingerprint density at radius 1 is 1.22 bits per heavy atom. The van der Waals surface area contributed by atoms with Crippen LogP contribution in [0, 0.1) is 25.2 Å². The average molecular weight is 504 g/mol. The van der Waals surface area contributed by atoms with Gasteiger partial charge in [-0.05, 0) is 54.8 Å². The standard InChI is InChI=1S/C25H21N5O4S.CH4/c1-13-4-5-16(10-14(13)2)29-23(32)21-20(15-6-8-28-9-7-15)17(12-26)22(27)30-24(33)18(35-25(21)30)11-19(31)34-3;/h4-11,20H,27H2,1-3H3,(H,29,32);1H4/b18-11-;. The molecule has 4 rings (SSSR count). The minimum absolute atomic E-state index is 0. The van der Waals surface area contributed by atoms with Crippen LogP contribution >= 0.6 is 11.3 Å². The van der Waals surface area contributed by atoms with Crippen LogP contribution in [0.15, 0.2) is 53.1 Å². The van der Waals surface area contributed by atoms with Crippen LogP contribution in [0.4, 0.5) is 5.69 Å². The van der Waals surface area contributed by atoms with Crippen molar-refractivity contribution < 1.29 is 14.3 Å². The zero-order valence-corrected chi connectivity index (χ0v) is 20.0. The Bertz CT molecular complexity index is 1610. The molecule has 0 radical (unpaired) electrons. The van der Waals surface area contributed by atoms with Crippen LogP contribution in [0.5, 0.6) is 0 Å². The molecule has 1 unspecified atom stereocenters. The lowest BCUT2D eigenvalue weighted by Crippen LogP contribution is -2.40. The van der Waals surface area contributed by atoms with Crippen molar-refractivity contribution in [1.29, 1.82) is 5.26 Å². The number of nitrogens with one attached hydrogen (secondary N) is 1. The molecule has 1 amide bonds. The summed E-state index contributed by atoms with van der Waals surface area (Å²) < 4.78 is 6.01. The molecule has 9 nitrogen and oxygen atoms in total. The molecule has 3 heterocycles. The van der Waals surface area contributed by atoms with E-state index < -0.39 is 23.4 Å². The third-order valence-electron chi connectivity index (χ3n) is 5.77. The van der Waals surface area contributed by atoms with E-state index in [-0.39, 0.29) is 33.6 Å². The first-order valence-corrected chi connectivity index (χ1v) is 11.3. The maximum Gasteiger partial charge on any atom is 0.332 e. The summed E-state index contributed by atoms with van der Waals surface area (Å²) in [5.74, 6) is -2.18. The number of esters is 1. The van der Waals surface area contributed by atoms with E-state index in [0.717, 1.165) is 33.1 Å². The van der Waals surface area contributed by atoms with E-state index in [1.165, 1.54) is 7.11 Å². The largest absolute Gasteiger partial charge is 0.466 e. The molecular formula is C26H25N5O4S. The fraction of sp³-hybridized carbons (Fsp3) is 0.192. The molecule has 3 aromatic rings. The number of ether oxygens (including phenoxy) is 1. The lowest BCUT2D eigenvalue weighted by Gasteiger charge is -2.25. The topological polar surface area (TPSA) is 140 Å². The van der Waals surface area contributed by atoms with Gasteiger partial charge in [0.05, 0.1) is 30.2 Å². The number of rotatable bonds is 4. The molecule has 1 aromatic carbocycles. The molecule has 2 aromatic heterocycles. The lowest BCUT2D eigenvalue weighted by molar-refractivity contribution is -0.133. The van der Waals surface area contributed by atoms with Crippen LogP contribution in [-0.4, -0.2) is 28.5 Å². The van der Waals surface area contributed by atoms with Gasteiger partial charge in [-0.1, -0.05) is 13.5 Å². The molecule has 184 valence electrons. The van der Waals surface area contributed by atoms with Gasteiger partial charge in [-0.2, -0.15) is 5.26 Å². The van der Waals surface area contributed by atoms with E-state index in [0.29, 0.717) is 11.3 Å². The van der Waals surface area contributed by atoms with Gasteiger partial charge >= 0.3 is 5.97 Å². The minimum Gasteiger partial charge on any atom is -0.466 e. The quantitative estimate of drug-likeness (QED) is 0.517. The summed E-state index contributed by atoms with van der Waals surface area (Å²) in [5, 5.41) is 12.9. The molecule has 0 saturated heterocycles. The smallest absolute Gasteiger partial charge is 0.332 e.